The van der Waals surface area contributed by atoms with Crippen molar-refractivity contribution in [1.82, 2.24) is 0 Å². The predicted molar refractivity (Wildman–Crippen MR) is 88.5 cm³/mol. The van der Waals surface area contributed by atoms with Crippen LogP contribution in [0.4, 0.5) is 0 Å². The monoisotopic (exact) mass is 449 g/mol. The Labute approximate surface area is 161 Å². The van der Waals surface area contributed by atoms with E-state index in [1.165, 1.54) is 0 Å². The average Bonchev–Trinajstić information content (AvgIpc) is 2.55. The van der Waals surface area contributed by atoms with Crippen LogP contribution in [-0.4, -0.2) is 51.4 Å². The minimum atomic E-state index is -0.0438. The van der Waals surface area contributed by atoms with Gasteiger partial charge >= 0.3 is 5.97 Å². The maximum atomic E-state index is 11.9. The molecule has 1 aliphatic heterocycles. The molecular formula is C18H28INO4. The zero-order chi connectivity index (χ0) is 16.9. The van der Waals surface area contributed by atoms with Crippen molar-refractivity contribution in [3.63, 3.8) is 0 Å². The lowest BCUT2D eigenvalue weighted by Crippen LogP contribution is -3.00. The summed E-state index contributed by atoms with van der Waals surface area (Å²) in [6.45, 7) is 5.11. The zero-order valence-electron chi connectivity index (χ0n) is 15.0. The maximum absolute atomic E-state index is 11.9. The SMILES string of the molecule is CCOC(=O)C1CC[N+](C)(Cc2cccc(OC)c2OC)CC1.[I-]. The number of ether oxygens (including phenoxy) is 3. The van der Waals surface area contributed by atoms with E-state index in [1.807, 2.05) is 19.1 Å². The molecule has 1 saturated heterocycles. The van der Waals surface area contributed by atoms with Gasteiger partial charge in [-0.1, -0.05) is 6.07 Å². The molecule has 136 valence electrons. The number of hydrogen-bond acceptors (Lipinski definition) is 4. The van der Waals surface area contributed by atoms with Crippen LogP contribution in [0.1, 0.15) is 25.3 Å². The van der Waals surface area contributed by atoms with Gasteiger partial charge in [-0.05, 0) is 19.1 Å². The van der Waals surface area contributed by atoms with E-state index in [9.17, 15) is 4.79 Å². The molecule has 0 unspecified atom stereocenters. The fourth-order valence-electron chi connectivity index (χ4n) is 3.33. The number of carbonyl (C=O) groups excluding carboxylic acids is 1. The quantitative estimate of drug-likeness (QED) is 0.338. The van der Waals surface area contributed by atoms with Crippen molar-refractivity contribution in [3.05, 3.63) is 23.8 Å². The molecule has 0 bridgehead atoms. The average molecular weight is 449 g/mol. The molecular weight excluding hydrogens is 421 g/mol. The first-order valence-electron chi connectivity index (χ1n) is 8.23. The van der Waals surface area contributed by atoms with Crippen molar-refractivity contribution in [1.29, 1.82) is 0 Å². The Kier molecular flexibility index (Phi) is 8.29. The second kappa shape index (κ2) is 9.46. The predicted octanol–water partition coefficient (Wildman–Crippen LogP) is -0.372. The van der Waals surface area contributed by atoms with Crippen molar-refractivity contribution in [2.24, 2.45) is 5.92 Å². The number of halogens is 1. The van der Waals surface area contributed by atoms with Crippen molar-refractivity contribution >= 4 is 5.97 Å². The molecule has 1 aromatic carbocycles. The highest BCUT2D eigenvalue weighted by Gasteiger charge is 2.35. The summed E-state index contributed by atoms with van der Waals surface area (Å²) in [5.41, 5.74) is 1.14. The van der Waals surface area contributed by atoms with Crippen LogP contribution in [0.5, 0.6) is 11.5 Å². The van der Waals surface area contributed by atoms with Crippen LogP contribution < -0.4 is 33.5 Å². The molecule has 24 heavy (non-hydrogen) atoms. The summed E-state index contributed by atoms with van der Waals surface area (Å²) in [7, 11) is 5.57. The normalized spacial score (nSPS) is 23.1. The van der Waals surface area contributed by atoms with Crippen LogP contribution in [-0.2, 0) is 16.1 Å². The summed E-state index contributed by atoms with van der Waals surface area (Å²) in [6, 6.07) is 5.99. The number of para-hydroxylation sites is 1. The maximum Gasteiger partial charge on any atom is 0.309 e. The van der Waals surface area contributed by atoms with Gasteiger partial charge in [0.05, 0.1) is 52.4 Å². The van der Waals surface area contributed by atoms with Crippen LogP contribution in [0.2, 0.25) is 0 Å². The molecule has 0 aromatic heterocycles. The molecule has 0 saturated carbocycles. The molecule has 1 fully saturated rings. The van der Waals surface area contributed by atoms with Gasteiger partial charge < -0.3 is 42.7 Å². The highest BCUT2D eigenvalue weighted by Crippen LogP contribution is 2.34. The third kappa shape index (κ3) is 4.99. The highest BCUT2D eigenvalue weighted by molar-refractivity contribution is 5.72. The molecule has 0 atom stereocenters. The van der Waals surface area contributed by atoms with E-state index in [2.05, 4.69) is 13.1 Å². The molecule has 0 aliphatic carbocycles. The van der Waals surface area contributed by atoms with E-state index in [1.54, 1.807) is 14.2 Å². The van der Waals surface area contributed by atoms with Crippen molar-refractivity contribution in [2.75, 3.05) is 41.0 Å². The highest BCUT2D eigenvalue weighted by atomic mass is 127. The lowest BCUT2D eigenvalue weighted by molar-refractivity contribution is -0.927. The summed E-state index contributed by atoms with van der Waals surface area (Å²) < 4.78 is 17.0. The van der Waals surface area contributed by atoms with Gasteiger partial charge in [0, 0.05) is 12.8 Å². The number of piperidine rings is 1. The number of benzene rings is 1. The van der Waals surface area contributed by atoms with E-state index in [4.69, 9.17) is 14.2 Å². The van der Waals surface area contributed by atoms with Crippen LogP contribution in [0, 0.1) is 5.92 Å². The van der Waals surface area contributed by atoms with E-state index < -0.39 is 0 Å². The van der Waals surface area contributed by atoms with Gasteiger partial charge in [-0.3, -0.25) is 4.79 Å². The third-order valence-corrected chi connectivity index (χ3v) is 4.69. The Morgan fingerprint density at radius 3 is 2.42 bits per heavy atom. The first-order chi connectivity index (χ1) is 11.0. The third-order valence-electron chi connectivity index (χ3n) is 4.69. The number of likely N-dealkylation sites (tertiary alicyclic amines) is 1. The second-order valence-electron chi connectivity index (χ2n) is 6.40. The fraction of sp³-hybridized carbons (Fsp3) is 0.611. The lowest BCUT2D eigenvalue weighted by Gasteiger charge is -2.40. The lowest BCUT2D eigenvalue weighted by atomic mass is 9.94. The van der Waals surface area contributed by atoms with Gasteiger partial charge in [-0.15, -0.1) is 0 Å². The van der Waals surface area contributed by atoms with E-state index >= 15 is 0 Å². The van der Waals surface area contributed by atoms with Gasteiger partial charge in [0.15, 0.2) is 11.5 Å². The van der Waals surface area contributed by atoms with Crippen molar-refractivity contribution in [3.8, 4) is 11.5 Å². The van der Waals surface area contributed by atoms with Gasteiger partial charge in [0.25, 0.3) is 0 Å². The molecule has 1 heterocycles. The van der Waals surface area contributed by atoms with E-state index in [-0.39, 0.29) is 35.9 Å². The van der Waals surface area contributed by atoms with Crippen LogP contribution in [0.25, 0.3) is 0 Å². The number of quaternary nitrogens is 1. The number of esters is 1. The Hall–Kier alpha value is -1.02. The summed E-state index contributed by atoms with van der Waals surface area (Å²) in [5, 5.41) is 0. The van der Waals surface area contributed by atoms with Crippen LogP contribution in [0.15, 0.2) is 18.2 Å². The molecule has 2 rings (SSSR count). The first kappa shape index (κ1) is 21.0. The molecule has 0 radical (unpaired) electrons. The number of methoxy groups -OCH3 is 2. The molecule has 0 spiro atoms. The Morgan fingerprint density at radius 2 is 1.88 bits per heavy atom. The Balaban J connectivity index is 0.00000288. The largest absolute Gasteiger partial charge is 1.00 e. The van der Waals surface area contributed by atoms with Gasteiger partial charge in [-0.2, -0.15) is 0 Å². The van der Waals surface area contributed by atoms with Crippen LogP contribution >= 0.6 is 0 Å². The van der Waals surface area contributed by atoms with E-state index in [0.717, 1.165) is 54.0 Å². The molecule has 0 N–H and O–H groups in total. The number of hydrogen-bond donors (Lipinski definition) is 0. The topological polar surface area (TPSA) is 44.8 Å². The molecule has 1 aromatic rings. The smallest absolute Gasteiger partial charge is 0.309 e. The summed E-state index contributed by atoms with van der Waals surface area (Å²) in [6.07, 6.45) is 1.75. The van der Waals surface area contributed by atoms with Crippen molar-refractivity contribution < 1.29 is 47.5 Å². The molecule has 5 nitrogen and oxygen atoms in total. The standard InChI is InChI=1S/C18H28NO4.HI/c1-5-23-18(20)14-9-11-19(2,12-10-14)13-15-7-6-8-16(21-3)17(15)22-4;/h6-8,14H,5,9-13H2,1-4H3;1H/q+1;/p-1. The number of nitrogens with zero attached hydrogens (tertiary/aromatic N) is 1. The fourth-order valence-corrected chi connectivity index (χ4v) is 3.33. The molecule has 6 heteroatoms. The molecule has 1 aliphatic rings. The van der Waals surface area contributed by atoms with E-state index in [0.29, 0.717) is 6.61 Å². The minimum Gasteiger partial charge on any atom is -1.00 e. The van der Waals surface area contributed by atoms with Crippen LogP contribution in [0.3, 0.4) is 0 Å². The van der Waals surface area contributed by atoms with Gasteiger partial charge in [0.2, 0.25) is 0 Å². The van der Waals surface area contributed by atoms with Gasteiger partial charge in [-0.25, -0.2) is 0 Å². The summed E-state index contributed by atoms with van der Waals surface area (Å²) in [4.78, 5) is 11.9. The van der Waals surface area contributed by atoms with Gasteiger partial charge in [0.1, 0.15) is 6.54 Å². The first-order valence-corrected chi connectivity index (χ1v) is 8.23. The zero-order valence-corrected chi connectivity index (χ0v) is 17.2. The summed E-state index contributed by atoms with van der Waals surface area (Å²) >= 11 is 0. The Bertz CT molecular complexity index is 542. The van der Waals surface area contributed by atoms with Crippen molar-refractivity contribution in [2.45, 2.75) is 26.3 Å². The number of carbonyl (C=O) groups is 1. The Morgan fingerprint density at radius 1 is 1.21 bits per heavy atom. The summed E-state index contributed by atoms with van der Waals surface area (Å²) in [5.74, 6) is 1.57. The molecule has 0 amide bonds. The minimum absolute atomic E-state index is 0. The number of rotatable bonds is 6. The second-order valence-corrected chi connectivity index (χ2v) is 6.40.